The minimum Gasteiger partial charge on any atom is -0.396 e. The molecule has 1 aliphatic rings. The maximum absolute atomic E-state index is 9.37. The molecule has 0 aromatic heterocycles. The Morgan fingerprint density at radius 3 is 1.14 bits per heavy atom. The van der Waals surface area contributed by atoms with Crippen molar-refractivity contribution >= 4 is 0 Å². The van der Waals surface area contributed by atoms with E-state index in [1.54, 1.807) is 0 Å². The molecule has 6 atom stereocenters. The molecule has 0 amide bonds. The van der Waals surface area contributed by atoms with Crippen molar-refractivity contribution in [2.45, 2.75) is 27.7 Å². The summed E-state index contributed by atoms with van der Waals surface area (Å²) in [4.78, 5) is 0. The fraction of sp³-hybridized carbons (Fsp3) is 1.00. The third-order valence-corrected chi connectivity index (χ3v) is 4.81. The van der Waals surface area contributed by atoms with Crippen molar-refractivity contribution in [2.24, 2.45) is 35.5 Å². The summed E-state index contributed by atoms with van der Waals surface area (Å²) in [6.07, 6.45) is 0. The highest BCUT2D eigenvalue weighted by molar-refractivity contribution is 4.90. The van der Waals surface area contributed by atoms with Gasteiger partial charge in [-0.25, -0.2) is 0 Å². The highest BCUT2D eigenvalue weighted by Crippen LogP contribution is 2.44. The van der Waals surface area contributed by atoms with E-state index in [4.69, 9.17) is 0 Å². The normalized spacial score (nSPS) is 49.3. The molecule has 0 spiro atoms. The monoisotopic (exact) mass is 200 g/mol. The molecule has 0 saturated heterocycles. The highest BCUT2D eigenvalue weighted by Gasteiger charge is 2.42. The maximum atomic E-state index is 9.37. The molecule has 2 nitrogen and oxygen atoms in total. The number of hydrogen-bond acceptors (Lipinski definition) is 2. The Balaban J connectivity index is 2.84. The van der Waals surface area contributed by atoms with Crippen LogP contribution >= 0.6 is 0 Å². The van der Waals surface area contributed by atoms with Crippen LogP contribution < -0.4 is 0 Å². The molecule has 1 aliphatic carbocycles. The summed E-state index contributed by atoms with van der Waals surface area (Å²) < 4.78 is 0. The standard InChI is InChI=1S/C12H24O2/c1-7-8(2)10(4)12(6-14)11(5-13)9(7)3/h7-14H,5-6H2,1-4H3. The second-order valence-corrected chi connectivity index (χ2v) is 5.13. The van der Waals surface area contributed by atoms with Crippen LogP contribution in [0.5, 0.6) is 0 Å². The second-order valence-electron chi connectivity index (χ2n) is 5.13. The van der Waals surface area contributed by atoms with Crippen LogP contribution in [0.25, 0.3) is 0 Å². The minimum atomic E-state index is 0.216. The first-order valence-corrected chi connectivity index (χ1v) is 5.76. The molecule has 1 saturated carbocycles. The molecule has 2 N–H and O–H groups in total. The van der Waals surface area contributed by atoms with Gasteiger partial charge in [0, 0.05) is 13.2 Å². The van der Waals surface area contributed by atoms with E-state index >= 15 is 0 Å². The molecule has 2 heteroatoms. The molecule has 6 unspecified atom stereocenters. The van der Waals surface area contributed by atoms with E-state index in [-0.39, 0.29) is 25.0 Å². The topological polar surface area (TPSA) is 40.5 Å². The lowest BCUT2D eigenvalue weighted by Crippen LogP contribution is -2.45. The molecule has 0 heterocycles. The van der Waals surface area contributed by atoms with E-state index < -0.39 is 0 Å². The average molecular weight is 200 g/mol. The predicted octanol–water partition coefficient (Wildman–Crippen LogP) is 1.76. The first kappa shape index (κ1) is 12.0. The third kappa shape index (κ3) is 1.82. The van der Waals surface area contributed by atoms with Gasteiger partial charge in [-0.15, -0.1) is 0 Å². The van der Waals surface area contributed by atoms with Crippen molar-refractivity contribution in [3.05, 3.63) is 0 Å². The van der Waals surface area contributed by atoms with Gasteiger partial charge in [-0.1, -0.05) is 27.7 Å². The van der Waals surface area contributed by atoms with Crippen LogP contribution in [0.15, 0.2) is 0 Å². The Bertz CT molecular complexity index is 161. The van der Waals surface area contributed by atoms with E-state index in [1.165, 1.54) is 0 Å². The van der Waals surface area contributed by atoms with Gasteiger partial charge in [0.2, 0.25) is 0 Å². The summed E-state index contributed by atoms with van der Waals surface area (Å²) in [6.45, 7) is 9.37. The fourth-order valence-corrected chi connectivity index (χ4v) is 3.12. The zero-order valence-corrected chi connectivity index (χ0v) is 9.77. The molecule has 0 aliphatic heterocycles. The lowest BCUT2D eigenvalue weighted by molar-refractivity contribution is -0.0402. The van der Waals surface area contributed by atoms with Gasteiger partial charge in [0.1, 0.15) is 0 Å². The van der Waals surface area contributed by atoms with Crippen molar-refractivity contribution in [1.29, 1.82) is 0 Å². The Hall–Kier alpha value is -0.0800. The Morgan fingerprint density at radius 2 is 0.929 bits per heavy atom. The van der Waals surface area contributed by atoms with Gasteiger partial charge < -0.3 is 10.2 Å². The van der Waals surface area contributed by atoms with Crippen LogP contribution in [-0.4, -0.2) is 23.4 Å². The van der Waals surface area contributed by atoms with E-state index in [1.807, 2.05) is 0 Å². The van der Waals surface area contributed by atoms with Gasteiger partial charge in [-0.3, -0.25) is 0 Å². The second kappa shape index (κ2) is 4.63. The van der Waals surface area contributed by atoms with Crippen LogP contribution in [0.4, 0.5) is 0 Å². The molecule has 1 fully saturated rings. The molecular formula is C12H24O2. The van der Waals surface area contributed by atoms with Gasteiger partial charge in [0.05, 0.1) is 0 Å². The summed E-state index contributed by atoms with van der Waals surface area (Å²) in [5, 5.41) is 18.7. The highest BCUT2D eigenvalue weighted by atomic mass is 16.3. The lowest BCUT2D eigenvalue weighted by Gasteiger charge is -2.47. The molecule has 84 valence electrons. The van der Waals surface area contributed by atoms with Gasteiger partial charge in [-0.2, -0.15) is 0 Å². The van der Waals surface area contributed by atoms with Crippen molar-refractivity contribution in [2.75, 3.05) is 13.2 Å². The number of aliphatic hydroxyl groups excluding tert-OH is 2. The van der Waals surface area contributed by atoms with Gasteiger partial charge in [0.25, 0.3) is 0 Å². The van der Waals surface area contributed by atoms with Crippen LogP contribution in [0.1, 0.15) is 27.7 Å². The SMILES string of the molecule is CC1C(C)C(C)C(CO)C(CO)C1C. The molecule has 0 aromatic carbocycles. The Labute approximate surface area is 87.3 Å². The predicted molar refractivity (Wildman–Crippen MR) is 57.8 cm³/mol. The van der Waals surface area contributed by atoms with Crippen LogP contribution in [0.3, 0.4) is 0 Å². The largest absolute Gasteiger partial charge is 0.396 e. The summed E-state index contributed by atoms with van der Waals surface area (Å²) >= 11 is 0. The van der Waals surface area contributed by atoms with E-state index in [2.05, 4.69) is 27.7 Å². The van der Waals surface area contributed by atoms with Gasteiger partial charge >= 0.3 is 0 Å². The molecule has 0 radical (unpaired) electrons. The molecule has 0 bridgehead atoms. The Morgan fingerprint density at radius 1 is 0.643 bits per heavy atom. The smallest absolute Gasteiger partial charge is 0.0465 e. The third-order valence-electron chi connectivity index (χ3n) is 4.81. The quantitative estimate of drug-likeness (QED) is 0.713. The van der Waals surface area contributed by atoms with E-state index in [0.717, 1.165) is 0 Å². The summed E-state index contributed by atoms with van der Waals surface area (Å²) in [5.74, 6) is 2.88. The van der Waals surface area contributed by atoms with E-state index in [9.17, 15) is 10.2 Å². The zero-order chi connectivity index (χ0) is 10.9. The summed E-state index contributed by atoms with van der Waals surface area (Å²) in [7, 11) is 0. The van der Waals surface area contributed by atoms with Gasteiger partial charge in [0.15, 0.2) is 0 Å². The molecular weight excluding hydrogens is 176 g/mol. The van der Waals surface area contributed by atoms with Crippen LogP contribution in [0, 0.1) is 35.5 Å². The van der Waals surface area contributed by atoms with Crippen molar-refractivity contribution in [3.63, 3.8) is 0 Å². The van der Waals surface area contributed by atoms with E-state index in [0.29, 0.717) is 23.7 Å². The first-order chi connectivity index (χ1) is 6.54. The number of hydrogen-bond donors (Lipinski definition) is 2. The molecule has 0 aromatic rings. The van der Waals surface area contributed by atoms with Crippen molar-refractivity contribution in [1.82, 2.24) is 0 Å². The lowest BCUT2D eigenvalue weighted by atomic mass is 9.59. The van der Waals surface area contributed by atoms with Crippen molar-refractivity contribution in [3.8, 4) is 0 Å². The Kier molecular flexibility index (Phi) is 3.96. The molecule has 1 rings (SSSR count). The maximum Gasteiger partial charge on any atom is 0.0465 e. The first-order valence-electron chi connectivity index (χ1n) is 5.76. The average Bonchev–Trinajstić information content (AvgIpc) is 2.20. The van der Waals surface area contributed by atoms with Crippen LogP contribution in [0.2, 0.25) is 0 Å². The number of aliphatic hydroxyl groups is 2. The van der Waals surface area contributed by atoms with Crippen molar-refractivity contribution < 1.29 is 10.2 Å². The van der Waals surface area contributed by atoms with Crippen LogP contribution in [-0.2, 0) is 0 Å². The summed E-state index contributed by atoms with van der Waals surface area (Å²) in [5.41, 5.74) is 0. The molecule has 14 heavy (non-hydrogen) atoms. The van der Waals surface area contributed by atoms with Gasteiger partial charge in [-0.05, 0) is 35.5 Å². The summed E-state index contributed by atoms with van der Waals surface area (Å²) in [6, 6.07) is 0. The zero-order valence-electron chi connectivity index (χ0n) is 9.77. The number of rotatable bonds is 2. The fourth-order valence-electron chi connectivity index (χ4n) is 3.12. The minimum absolute atomic E-state index is 0.216.